The summed E-state index contributed by atoms with van der Waals surface area (Å²) in [6.07, 6.45) is 4.83. The SMILES string of the molecule is Cc1oc(CNC(=O)C2C3CCCCC32)cc1C(=O)O. The molecule has 5 heteroatoms. The van der Waals surface area contributed by atoms with E-state index in [0.717, 1.165) is 0 Å². The van der Waals surface area contributed by atoms with Gasteiger partial charge in [0.05, 0.1) is 6.54 Å². The zero-order chi connectivity index (χ0) is 14.3. The molecule has 0 aliphatic heterocycles. The molecule has 3 rings (SSSR count). The molecular formula is C15H19NO4. The second-order valence-corrected chi connectivity index (χ2v) is 5.84. The molecule has 2 fully saturated rings. The molecule has 0 spiro atoms. The monoisotopic (exact) mass is 277 g/mol. The van der Waals surface area contributed by atoms with Crippen LogP contribution in [0.4, 0.5) is 0 Å². The first kappa shape index (κ1) is 13.2. The number of rotatable bonds is 4. The first-order valence-corrected chi connectivity index (χ1v) is 7.18. The van der Waals surface area contributed by atoms with Crippen molar-refractivity contribution in [2.45, 2.75) is 39.2 Å². The molecule has 0 radical (unpaired) electrons. The van der Waals surface area contributed by atoms with Gasteiger partial charge < -0.3 is 14.8 Å². The van der Waals surface area contributed by atoms with E-state index in [1.807, 2.05) is 0 Å². The van der Waals surface area contributed by atoms with Gasteiger partial charge in [-0.05, 0) is 37.7 Å². The van der Waals surface area contributed by atoms with Crippen molar-refractivity contribution in [3.8, 4) is 0 Å². The van der Waals surface area contributed by atoms with Gasteiger partial charge in [-0.2, -0.15) is 0 Å². The van der Waals surface area contributed by atoms with Crippen molar-refractivity contribution in [2.24, 2.45) is 17.8 Å². The number of nitrogens with one attached hydrogen (secondary N) is 1. The summed E-state index contributed by atoms with van der Waals surface area (Å²) in [5.74, 6) is 1.30. The van der Waals surface area contributed by atoms with E-state index in [9.17, 15) is 9.59 Å². The second kappa shape index (κ2) is 4.96. The molecule has 2 aliphatic carbocycles. The standard InChI is InChI=1S/C15H19NO4/c1-8-12(15(18)19)6-9(20-8)7-16-14(17)13-10-4-2-3-5-11(10)13/h6,10-11,13H,2-5,7H2,1H3,(H,16,17)(H,18,19). The number of furan rings is 1. The highest BCUT2D eigenvalue weighted by Gasteiger charge is 2.54. The number of aryl methyl sites for hydroxylation is 1. The number of carbonyl (C=O) groups excluding carboxylic acids is 1. The molecule has 2 saturated carbocycles. The third-order valence-corrected chi connectivity index (χ3v) is 4.60. The quantitative estimate of drug-likeness (QED) is 0.885. The fourth-order valence-electron chi connectivity index (χ4n) is 3.52. The van der Waals surface area contributed by atoms with E-state index in [0.29, 0.717) is 23.4 Å². The molecule has 2 aliphatic rings. The van der Waals surface area contributed by atoms with Crippen molar-refractivity contribution in [3.05, 3.63) is 23.2 Å². The Morgan fingerprint density at radius 1 is 1.35 bits per heavy atom. The number of aromatic carboxylic acids is 1. The Balaban J connectivity index is 1.56. The van der Waals surface area contributed by atoms with Crippen LogP contribution in [0.3, 0.4) is 0 Å². The summed E-state index contributed by atoms with van der Waals surface area (Å²) >= 11 is 0. The smallest absolute Gasteiger partial charge is 0.339 e. The Morgan fingerprint density at radius 3 is 2.55 bits per heavy atom. The molecule has 2 atom stereocenters. The highest BCUT2D eigenvalue weighted by Crippen LogP contribution is 2.55. The third kappa shape index (κ3) is 2.32. The van der Waals surface area contributed by atoms with Gasteiger partial charge in [0.2, 0.25) is 5.91 Å². The first-order chi connectivity index (χ1) is 9.58. The minimum Gasteiger partial charge on any atom is -0.478 e. The Labute approximate surface area is 117 Å². The zero-order valence-electron chi connectivity index (χ0n) is 11.5. The summed E-state index contributed by atoms with van der Waals surface area (Å²) in [6.45, 7) is 1.88. The lowest BCUT2D eigenvalue weighted by Crippen LogP contribution is -2.25. The lowest BCUT2D eigenvalue weighted by molar-refractivity contribution is -0.123. The van der Waals surface area contributed by atoms with Crippen LogP contribution in [0.5, 0.6) is 0 Å². The molecular weight excluding hydrogens is 258 g/mol. The molecule has 20 heavy (non-hydrogen) atoms. The molecule has 108 valence electrons. The van der Waals surface area contributed by atoms with Gasteiger partial charge in [0.15, 0.2) is 0 Å². The number of carboxylic acids is 1. The van der Waals surface area contributed by atoms with E-state index in [-0.39, 0.29) is 23.9 Å². The molecule has 5 nitrogen and oxygen atoms in total. The molecule has 1 amide bonds. The number of amides is 1. The van der Waals surface area contributed by atoms with Crippen molar-refractivity contribution < 1.29 is 19.1 Å². The number of fused-ring (bicyclic) bond motifs is 1. The van der Waals surface area contributed by atoms with Crippen molar-refractivity contribution >= 4 is 11.9 Å². The van der Waals surface area contributed by atoms with Crippen LogP contribution < -0.4 is 5.32 Å². The van der Waals surface area contributed by atoms with Crippen molar-refractivity contribution in [2.75, 3.05) is 0 Å². The maximum atomic E-state index is 12.1. The normalized spacial score (nSPS) is 27.8. The van der Waals surface area contributed by atoms with Gasteiger partial charge in [-0.15, -0.1) is 0 Å². The molecule has 1 heterocycles. The Hall–Kier alpha value is -1.78. The highest BCUT2D eigenvalue weighted by molar-refractivity contribution is 5.88. The summed E-state index contributed by atoms with van der Waals surface area (Å²) in [5, 5.41) is 11.8. The highest BCUT2D eigenvalue weighted by atomic mass is 16.4. The number of hydrogen-bond donors (Lipinski definition) is 2. The summed E-state index contributed by atoms with van der Waals surface area (Å²) in [6, 6.07) is 1.48. The summed E-state index contributed by atoms with van der Waals surface area (Å²) in [7, 11) is 0. The van der Waals surface area contributed by atoms with Crippen LogP contribution in [0.1, 0.15) is 47.6 Å². The summed E-state index contributed by atoms with van der Waals surface area (Å²) in [4.78, 5) is 23.0. The van der Waals surface area contributed by atoms with E-state index >= 15 is 0 Å². The largest absolute Gasteiger partial charge is 0.478 e. The van der Waals surface area contributed by atoms with Crippen LogP contribution in [-0.4, -0.2) is 17.0 Å². The molecule has 1 aromatic heterocycles. The molecule has 2 unspecified atom stereocenters. The minimum atomic E-state index is -1.00. The average Bonchev–Trinajstić information content (AvgIpc) is 3.03. The summed E-state index contributed by atoms with van der Waals surface area (Å²) < 4.78 is 5.35. The van der Waals surface area contributed by atoms with Crippen LogP contribution in [0.2, 0.25) is 0 Å². The van der Waals surface area contributed by atoms with Gasteiger partial charge in [-0.25, -0.2) is 4.79 Å². The molecule has 1 aromatic rings. The zero-order valence-corrected chi connectivity index (χ0v) is 11.5. The molecule has 0 aromatic carbocycles. The van der Waals surface area contributed by atoms with Gasteiger partial charge in [0.1, 0.15) is 17.1 Å². The molecule has 0 bridgehead atoms. The van der Waals surface area contributed by atoms with Gasteiger partial charge in [-0.1, -0.05) is 12.8 Å². The van der Waals surface area contributed by atoms with Crippen molar-refractivity contribution in [1.29, 1.82) is 0 Å². The third-order valence-electron chi connectivity index (χ3n) is 4.60. The topological polar surface area (TPSA) is 79.5 Å². The number of carboxylic acid groups (broad SMARTS) is 1. The fraction of sp³-hybridized carbons (Fsp3) is 0.600. The fourth-order valence-corrected chi connectivity index (χ4v) is 3.52. The van der Waals surface area contributed by atoms with E-state index in [4.69, 9.17) is 9.52 Å². The summed E-state index contributed by atoms with van der Waals surface area (Å²) in [5.41, 5.74) is 0.161. The van der Waals surface area contributed by atoms with Crippen LogP contribution in [0.15, 0.2) is 10.5 Å². The van der Waals surface area contributed by atoms with Crippen molar-refractivity contribution in [3.63, 3.8) is 0 Å². The number of hydrogen-bond acceptors (Lipinski definition) is 3. The Kier molecular flexibility index (Phi) is 3.28. The Bertz CT molecular complexity index is 536. The lowest BCUT2D eigenvalue weighted by Gasteiger charge is -2.04. The predicted molar refractivity (Wildman–Crippen MR) is 71.2 cm³/mol. The van der Waals surface area contributed by atoms with Crippen LogP contribution >= 0.6 is 0 Å². The number of carbonyl (C=O) groups is 2. The van der Waals surface area contributed by atoms with E-state index < -0.39 is 5.97 Å². The van der Waals surface area contributed by atoms with Gasteiger partial charge in [-0.3, -0.25) is 4.79 Å². The van der Waals surface area contributed by atoms with E-state index in [1.165, 1.54) is 31.7 Å². The van der Waals surface area contributed by atoms with E-state index in [2.05, 4.69) is 5.32 Å². The van der Waals surface area contributed by atoms with Gasteiger partial charge >= 0.3 is 5.97 Å². The van der Waals surface area contributed by atoms with E-state index in [1.54, 1.807) is 6.92 Å². The van der Waals surface area contributed by atoms with Crippen LogP contribution in [0.25, 0.3) is 0 Å². The lowest BCUT2D eigenvalue weighted by atomic mass is 10.0. The van der Waals surface area contributed by atoms with Crippen LogP contribution in [0, 0.1) is 24.7 Å². The van der Waals surface area contributed by atoms with Gasteiger partial charge in [0, 0.05) is 5.92 Å². The van der Waals surface area contributed by atoms with Crippen molar-refractivity contribution in [1.82, 2.24) is 5.32 Å². The van der Waals surface area contributed by atoms with Gasteiger partial charge in [0.25, 0.3) is 0 Å². The maximum absolute atomic E-state index is 12.1. The first-order valence-electron chi connectivity index (χ1n) is 7.18. The predicted octanol–water partition coefficient (Wildman–Crippen LogP) is 2.34. The minimum absolute atomic E-state index is 0.0906. The average molecular weight is 277 g/mol. The molecule has 0 saturated heterocycles. The maximum Gasteiger partial charge on any atom is 0.339 e. The van der Waals surface area contributed by atoms with Crippen LogP contribution in [-0.2, 0) is 11.3 Å². The Morgan fingerprint density at radius 2 is 2.00 bits per heavy atom. The molecule has 2 N–H and O–H groups in total. The second-order valence-electron chi connectivity index (χ2n) is 5.84.